The van der Waals surface area contributed by atoms with Gasteiger partial charge < -0.3 is 15.3 Å². The minimum Gasteiger partial charge on any atom is -0.481 e. The van der Waals surface area contributed by atoms with Crippen molar-refractivity contribution in [3.63, 3.8) is 0 Å². The van der Waals surface area contributed by atoms with Gasteiger partial charge in [-0.15, -0.1) is 0 Å². The summed E-state index contributed by atoms with van der Waals surface area (Å²) in [4.78, 5) is 21.3. The molecule has 1 aliphatic carbocycles. The average Bonchev–Trinajstić information content (AvgIpc) is 2.03. The summed E-state index contributed by atoms with van der Waals surface area (Å²) < 4.78 is 0. The third kappa shape index (κ3) is 2.18. The van der Waals surface area contributed by atoms with Gasteiger partial charge in [0.05, 0.1) is 17.9 Å². The van der Waals surface area contributed by atoms with E-state index in [-0.39, 0.29) is 12.8 Å². The first-order chi connectivity index (χ1) is 6.02. The van der Waals surface area contributed by atoms with Crippen LogP contribution in [0.4, 0.5) is 0 Å². The van der Waals surface area contributed by atoms with Gasteiger partial charge >= 0.3 is 11.9 Å². The van der Waals surface area contributed by atoms with Crippen LogP contribution in [-0.2, 0) is 9.59 Å². The number of hydrogen-bond acceptors (Lipinski definition) is 3. The second-order valence-electron chi connectivity index (χ2n) is 3.36. The summed E-state index contributed by atoms with van der Waals surface area (Å²) in [6.07, 6.45) is -0.00255. The Kier molecular flexibility index (Phi) is 2.87. The number of carboxylic acid groups (broad SMARTS) is 2. The molecule has 1 rings (SSSR count). The summed E-state index contributed by atoms with van der Waals surface area (Å²) >= 11 is 0. The van der Waals surface area contributed by atoms with Gasteiger partial charge in [-0.3, -0.25) is 9.59 Å². The van der Waals surface area contributed by atoms with Gasteiger partial charge in [-0.25, -0.2) is 0 Å². The molecule has 1 saturated carbocycles. The van der Waals surface area contributed by atoms with Crippen molar-refractivity contribution in [2.24, 2.45) is 11.8 Å². The van der Waals surface area contributed by atoms with Crippen molar-refractivity contribution in [2.45, 2.75) is 25.4 Å². The van der Waals surface area contributed by atoms with Crippen LogP contribution < -0.4 is 0 Å². The Hall–Kier alpha value is -1.10. The van der Waals surface area contributed by atoms with Gasteiger partial charge in [0.25, 0.3) is 0 Å². The molecule has 74 valence electrons. The van der Waals surface area contributed by atoms with Gasteiger partial charge in [0.1, 0.15) is 0 Å². The fraction of sp³-hybridized carbons (Fsp3) is 0.750. The van der Waals surface area contributed by atoms with Gasteiger partial charge in [0, 0.05) is 0 Å². The van der Waals surface area contributed by atoms with Crippen molar-refractivity contribution in [3.8, 4) is 0 Å². The van der Waals surface area contributed by atoms with E-state index in [0.29, 0.717) is 6.42 Å². The average molecular weight is 188 g/mol. The van der Waals surface area contributed by atoms with Crippen LogP contribution in [0.5, 0.6) is 0 Å². The van der Waals surface area contributed by atoms with E-state index in [2.05, 4.69) is 0 Å². The van der Waals surface area contributed by atoms with Crippen LogP contribution >= 0.6 is 0 Å². The summed E-state index contributed by atoms with van der Waals surface area (Å²) in [6, 6.07) is 0. The molecule has 3 N–H and O–H groups in total. The molecule has 0 heterocycles. The quantitative estimate of drug-likeness (QED) is 0.564. The van der Waals surface area contributed by atoms with Crippen molar-refractivity contribution >= 4 is 11.9 Å². The van der Waals surface area contributed by atoms with Gasteiger partial charge in [0.2, 0.25) is 0 Å². The maximum Gasteiger partial charge on any atom is 0.307 e. The number of hydrogen-bond donors (Lipinski definition) is 3. The van der Waals surface area contributed by atoms with Crippen molar-refractivity contribution in [3.05, 3.63) is 0 Å². The van der Waals surface area contributed by atoms with Gasteiger partial charge in [-0.2, -0.15) is 0 Å². The maximum absolute atomic E-state index is 10.6. The first-order valence-corrected chi connectivity index (χ1v) is 4.16. The highest BCUT2D eigenvalue weighted by Gasteiger charge is 2.38. The molecular weight excluding hydrogens is 176 g/mol. The standard InChI is InChI=1S/C8H12O5/c9-4-1-2-5(7(10)11)6(3-4)8(12)13/h4-6,9H,1-3H2,(H,10,11)(H,12,13)/t4-,5-,6-/m0/s1. The lowest BCUT2D eigenvalue weighted by molar-refractivity contribution is -0.157. The Bertz CT molecular complexity index is 225. The Balaban J connectivity index is 2.72. The zero-order valence-electron chi connectivity index (χ0n) is 7.01. The predicted molar refractivity (Wildman–Crippen MR) is 42.1 cm³/mol. The maximum atomic E-state index is 10.6. The normalized spacial score (nSPS) is 34.1. The molecule has 0 aromatic rings. The zero-order valence-corrected chi connectivity index (χ0v) is 7.01. The van der Waals surface area contributed by atoms with Crippen molar-refractivity contribution in [1.29, 1.82) is 0 Å². The van der Waals surface area contributed by atoms with Gasteiger partial charge in [-0.05, 0) is 19.3 Å². The van der Waals surface area contributed by atoms with Crippen LogP contribution in [-0.4, -0.2) is 33.4 Å². The number of carbonyl (C=O) groups is 2. The lowest BCUT2D eigenvalue weighted by atomic mass is 9.78. The molecule has 0 saturated heterocycles. The summed E-state index contributed by atoms with van der Waals surface area (Å²) in [6.45, 7) is 0. The first-order valence-electron chi connectivity index (χ1n) is 4.16. The molecule has 0 bridgehead atoms. The summed E-state index contributed by atoms with van der Waals surface area (Å²) in [5, 5.41) is 26.6. The summed E-state index contributed by atoms with van der Waals surface area (Å²) in [5.74, 6) is -4.01. The molecule has 5 heteroatoms. The molecule has 0 spiro atoms. The lowest BCUT2D eigenvalue weighted by Crippen LogP contribution is -2.37. The van der Waals surface area contributed by atoms with E-state index < -0.39 is 29.9 Å². The number of rotatable bonds is 2. The molecule has 1 aliphatic rings. The van der Waals surface area contributed by atoms with Crippen LogP contribution in [0.1, 0.15) is 19.3 Å². The van der Waals surface area contributed by atoms with Crippen LogP contribution in [0.3, 0.4) is 0 Å². The summed E-state index contributed by atoms with van der Waals surface area (Å²) in [5.41, 5.74) is 0. The highest BCUT2D eigenvalue weighted by atomic mass is 16.4. The van der Waals surface area contributed by atoms with Gasteiger partial charge in [0.15, 0.2) is 0 Å². The number of carboxylic acids is 2. The topological polar surface area (TPSA) is 94.8 Å². The molecule has 1 fully saturated rings. The molecule has 0 aliphatic heterocycles. The van der Waals surface area contributed by atoms with Crippen LogP contribution in [0.25, 0.3) is 0 Å². The molecule has 0 aromatic carbocycles. The molecule has 3 atom stereocenters. The van der Waals surface area contributed by atoms with E-state index in [4.69, 9.17) is 10.2 Å². The Morgan fingerprint density at radius 2 is 1.54 bits per heavy atom. The minimum absolute atomic E-state index is 0.0479. The fourth-order valence-electron chi connectivity index (χ4n) is 1.72. The van der Waals surface area contributed by atoms with Crippen molar-refractivity contribution < 1.29 is 24.9 Å². The molecule has 0 unspecified atom stereocenters. The highest BCUT2D eigenvalue weighted by molar-refractivity contribution is 5.80. The zero-order chi connectivity index (χ0) is 10.0. The molecular formula is C8H12O5. The van der Waals surface area contributed by atoms with Crippen molar-refractivity contribution in [1.82, 2.24) is 0 Å². The van der Waals surface area contributed by atoms with E-state index in [9.17, 15) is 14.7 Å². The molecule has 13 heavy (non-hydrogen) atoms. The Morgan fingerprint density at radius 3 is 2.00 bits per heavy atom. The highest BCUT2D eigenvalue weighted by Crippen LogP contribution is 2.30. The van der Waals surface area contributed by atoms with E-state index in [1.54, 1.807) is 0 Å². The van der Waals surface area contributed by atoms with Crippen LogP contribution in [0.15, 0.2) is 0 Å². The smallest absolute Gasteiger partial charge is 0.307 e. The van der Waals surface area contributed by atoms with E-state index in [1.807, 2.05) is 0 Å². The molecule has 0 radical (unpaired) electrons. The van der Waals surface area contributed by atoms with E-state index in [0.717, 1.165) is 0 Å². The first kappa shape index (κ1) is 9.98. The monoisotopic (exact) mass is 188 g/mol. The second kappa shape index (κ2) is 3.74. The van der Waals surface area contributed by atoms with E-state index in [1.165, 1.54) is 0 Å². The largest absolute Gasteiger partial charge is 0.481 e. The Labute approximate surface area is 75.0 Å². The van der Waals surface area contributed by atoms with E-state index >= 15 is 0 Å². The SMILES string of the molecule is O=C(O)[C@H]1CC[C@H](O)C[C@@H]1C(=O)O. The lowest BCUT2D eigenvalue weighted by Gasteiger charge is -2.28. The number of aliphatic hydroxyl groups is 1. The number of aliphatic carboxylic acids is 2. The molecule has 0 amide bonds. The van der Waals surface area contributed by atoms with Gasteiger partial charge in [-0.1, -0.05) is 0 Å². The summed E-state index contributed by atoms with van der Waals surface area (Å²) in [7, 11) is 0. The third-order valence-corrected chi connectivity index (χ3v) is 2.46. The second-order valence-corrected chi connectivity index (χ2v) is 3.36. The molecule has 5 nitrogen and oxygen atoms in total. The predicted octanol–water partition coefficient (Wildman–Crippen LogP) is -0.0672. The molecule has 0 aromatic heterocycles. The number of aliphatic hydroxyl groups excluding tert-OH is 1. The minimum atomic E-state index is -1.13. The fourth-order valence-corrected chi connectivity index (χ4v) is 1.72. The third-order valence-electron chi connectivity index (χ3n) is 2.46. The van der Waals surface area contributed by atoms with Crippen LogP contribution in [0, 0.1) is 11.8 Å². The van der Waals surface area contributed by atoms with Crippen molar-refractivity contribution in [2.75, 3.05) is 0 Å². The van der Waals surface area contributed by atoms with Crippen LogP contribution in [0.2, 0.25) is 0 Å². The Morgan fingerprint density at radius 1 is 1.00 bits per heavy atom.